The van der Waals surface area contributed by atoms with Gasteiger partial charge < -0.3 is 19.3 Å². The topological polar surface area (TPSA) is 117 Å². The van der Waals surface area contributed by atoms with E-state index in [-0.39, 0.29) is 29.7 Å². The number of rotatable bonds is 5. The summed E-state index contributed by atoms with van der Waals surface area (Å²) in [6.45, 7) is 0.781. The van der Waals surface area contributed by atoms with Crippen molar-refractivity contribution in [1.29, 1.82) is 0 Å². The van der Waals surface area contributed by atoms with E-state index in [2.05, 4.69) is 15.3 Å². The Balaban J connectivity index is 1.37. The summed E-state index contributed by atoms with van der Waals surface area (Å²) >= 11 is 0. The van der Waals surface area contributed by atoms with E-state index < -0.39 is 10.4 Å². The second-order valence-corrected chi connectivity index (χ2v) is 9.29. The molecule has 9 nitrogen and oxygen atoms in total. The molecule has 1 aromatic carbocycles. The molecule has 0 fully saturated rings. The molecule has 10 heteroatoms. The fourth-order valence-corrected chi connectivity index (χ4v) is 5.22. The number of nitrogens with one attached hydrogen (secondary N) is 1. The average Bonchev–Trinajstić information content (AvgIpc) is 3.30. The van der Waals surface area contributed by atoms with Crippen LogP contribution in [-0.2, 0) is 27.6 Å². The Hall–Kier alpha value is -3.50. The minimum absolute atomic E-state index is 0.102. The number of benzene rings is 1. The predicted molar refractivity (Wildman–Crippen MR) is 115 cm³/mol. The van der Waals surface area contributed by atoms with Crippen LogP contribution in [0.2, 0.25) is 0 Å². The van der Waals surface area contributed by atoms with Crippen molar-refractivity contribution >= 4 is 22.0 Å². The van der Waals surface area contributed by atoms with E-state index in [0.29, 0.717) is 42.3 Å². The maximum absolute atomic E-state index is 13.2. The molecule has 2 aromatic heterocycles. The third kappa shape index (κ3) is 3.78. The van der Waals surface area contributed by atoms with Gasteiger partial charge in [-0.05, 0) is 48.7 Å². The van der Waals surface area contributed by atoms with Gasteiger partial charge >= 0.3 is 0 Å². The third-order valence-corrected chi connectivity index (χ3v) is 7.16. The van der Waals surface area contributed by atoms with Crippen LogP contribution >= 0.6 is 0 Å². The molecule has 0 spiro atoms. The summed E-state index contributed by atoms with van der Waals surface area (Å²) in [6, 6.07) is 10.1. The molecular weight excluding hydrogens is 432 g/mol. The first kappa shape index (κ1) is 20.4. The molecule has 0 saturated carbocycles. The fraction of sp³-hybridized carbons (Fsp3) is 0.227. The predicted octanol–water partition coefficient (Wildman–Crippen LogP) is 2.49. The van der Waals surface area contributed by atoms with Crippen LogP contribution in [0.1, 0.15) is 28.0 Å². The number of carbonyl (C=O) groups is 1. The van der Waals surface area contributed by atoms with Crippen LogP contribution in [0.3, 0.4) is 0 Å². The average molecular weight is 452 g/mol. The number of hydrogen-bond donors (Lipinski definition) is 1. The molecule has 1 unspecified atom stereocenters. The zero-order chi connectivity index (χ0) is 22.1. The number of sulfonamides is 1. The van der Waals surface area contributed by atoms with Gasteiger partial charge in [0.15, 0.2) is 26.8 Å². The largest absolute Gasteiger partial charge is 0.588 e. The summed E-state index contributed by atoms with van der Waals surface area (Å²) in [5.41, 5.74) is 2.22. The van der Waals surface area contributed by atoms with E-state index in [0.717, 1.165) is 5.56 Å². The number of fused-ring (bicyclic) bond motifs is 2. The molecule has 2 aliphatic rings. The highest BCUT2D eigenvalue weighted by Crippen LogP contribution is 2.34. The molecule has 1 amide bonds. The van der Waals surface area contributed by atoms with E-state index in [4.69, 9.17) is 9.47 Å². The highest BCUT2D eigenvalue weighted by atomic mass is 32.3. The van der Waals surface area contributed by atoms with Gasteiger partial charge in [0.05, 0.1) is 24.0 Å². The van der Waals surface area contributed by atoms with Gasteiger partial charge in [0.25, 0.3) is 5.91 Å². The van der Waals surface area contributed by atoms with E-state index in [1.54, 1.807) is 18.2 Å². The summed E-state index contributed by atoms with van der Waals surface area (Å²) in [5.74, 6) is 0.972. The monoisotopic (exact) mass is 452 g/mol. The highest BCUT2D eigenvalue weighted by molar-refractivity contribution is 7.99. The molecule has 164 valence electrons. The highest BCUT2D eigenvalue weighted by Gasteiger charge is 2.35. The van der Waals surface area contributed by atoms with Gasteiger partial charge in [-0.15, -0.1) is 0 Å². The van der Waals surface area contributed by atoms with Gasteiger partial charge in [0.2, 0.25) is 6.79 Å². The lowest BCUT2D eigenvalue weighted by Crippen LogP contribution is -2.40. The zero-order valence-corrected chi connectivity index (χ0v) is 17.8. The molecule has 0 aliphatic carbocycles. The molecule has 0 saturated heterocycles. The quantitative estimate of drug-likeness (QED) is 0.591. The number of aryl methyl sites for hydroxylation is 1. The standard InChI is InChI=1S/C22H20N4O5S/c27-22(25-11-15-5-6-20-21(9-15)31-14-30-20)16-10-19-18(24-12-16)4-2-8-26(19)32(28,29)17-3-1-7-23-13-17/h1,3,5-7,9-10,12-13H,2,4,8,11,14H2,(H-,25,27,28,29). The lowest BCUT2D eigenvalue weighted by atomic mass is 10.1. The molecule has 4 heterocycles. The molecule has 2 aliphatic heterocycles. The maximum atomic E-state index is 13.2. The Bertz CT molecular complexity index is 1220. The molecule has 32 heavy (non-hydrogen) atoms. The smallest absolute Gasteiger partial charge is 0.253 e. The van der Waals surface area contributed by atoms with Crippen LogP contribution in [0.25, 0.3) is 0 Å². The minimum atomic E-state index is -3.81. The van der Waals surface area contributed by atoms with Crippen molar-refractivity contribution < 1.29 is 23.0 Å². The van der Waals surface area contributed by atoms with Crippen LogP contribution in [0.15, 0.2) is 59.9 Å². The minimum Gasteiger partial charge on any atom is -0.588 e. The van der Waals surface area contributed by atoms with Crippen LogP contribution < -0.4 is 19.1 Å². The van der Waals surface area contributed by atoms with Gasteiger partial charge in [-0.2, -0.15) is 4.31 Å². The van der Waals surface area contributed by atoms with Gasteiger partial charge in [-0.25, -0.2) is 0 Å². The van der Waals surface area contributed by atoms with Crippen molar-refractivity contribution in [2.75, 3.05) is 17.6 Å². The molecular formula is C22H20N4O5S. The van der Waals surface area contributed by atoms with E-state index >= 15 is 0 Å². The number of anilines is 1. The van der Waals surface area contributed by atoms with Crippen LogP contribution in [0, 0.1) is 0 Å². The van der Waals surface area contributed by atoms with Gasteiger partial charge in [-0.3, -0.25) is 14.8 Å². The van der Waals surface area contributed by atoms with E-state index in [1.807, 2.05) is 12.1 Å². The normalized spacial score (nSPS) is 16.2. The molecule has 1 N–H and O–H groups in total. The van der Waals surface area contributed by atoms with E-state index in [1.165, 1.54) is 29.0 Å². The Labute approximate surface area is 185 Å². The Kier molecular flexibility index (Phi) is 5.24. The number of nitrogens with zero attached hydrogens (tertiary/aromatic N) is 3. The van der Waals surface area contributed by atoms with Crippen molar-refractivity contribution in [2.45, 2.75) is 24.3 Å². The maximum Gasteiger partial charge on any atom is 0.253 e. The number of ether oxygens (including phenoxy) is 2. The Morgan fingerprint density at radius 3 is 2.91 bits per heavy atom. The molecule has 0 bridgehead atoms. The Morgan fingerprint density at radius 2 is 2.06 bits per heavy atom. The van der Waals surface area contributed by atoms with Crippen molar-refractivity contribution in [3.05, 3.63) is 71.8 Å². The second-order valence-electron chi connectivity index (χ2n) is 7.43. The number of aromatic nitrogens is 2. The molecule has 5 rings (SSSR count). The molecule has 0 radical (unpaired) electrons. The van der Waals surface area contributed by atoms with Crippen molar-refractivity contribution in [2.24, 2.45) is 0 Å². The van der Waals surface area contributed by atoms with Gasteiger partial charge in [0.1, 0.15) is 5.69 Å². The summed E-state index contributed by atoms with van der Waals surface area (Å²) in [6.07, 6.45) is 5.61. The zero-order valence-electron chi connectivity index (χ0n) is 17.0. The second kappa shape index (κ2) is 8.21. The summed E-state index contributed by atoms with van der Waals surface area (Å²) in [7, 11) is -3.81. The van der Waals surface area contributed by atoms with Crippen molar-refractivity contribution in [3.63, 3.8) is 0 Å². The number of pyridine rings is 2. The third-order valence-electron chi connectivity index (χ3n) is 5.37. The summed E-state index contributed by atoms with van der Waals surface area (Å²) in [5, 5.41) is 2.85. The van der Waals surface area contributed by atoms with Crippen LogP contribution in [-0.4, -0.2) is 33.8 Å². The van der Waals surface area contributed by atoms with Gasteiger partial charge in [-0.1, -0.05) is 10.3 Å². The first-order valence-electron chi connectivity index (χ1n) is 10.1. The molecule has 3 aromatic rings. The summed E-state index contributed by atoms with van der Waals surface area (Å²) < 4.78 is 38.3. The fourth-order valence-electron chi connectivity index (χ4n) is 3.74. The molecule has 1 atom stereocenters. The first-order valence-corrected chi connectivity index (χ1v) is 11.5. The van der Waals surface area contributed by atoms with Crippen molar-refractivity contribution in [3.8, 4) is 11.5 Å². The summed E-state index contributed by atoms with van der Waals surface area (Å²) in [4.78, 5) is 21.2. The lowest BCUT2D eigenvalue weighted by Gasteiger charge is -2.32. The SMILES string of the molecule is O=C(NCc1ccc2c(c1)OCO2)c1cnc2c(c1)N([S+](=O)([O-])c1cccnc1)CCC2. The Morgan fingerprint density at radius 1 is 1.19 bits per heavy atom. The number of amides is 1. The lowest BCUT2D eigenvalue weighted by molar-refractivity contribution is 0.0950. The number of hydrogen-bond acceptors (Lipinski definition) is 7. The van der Waals surface area contributed by atoms with Gasteiger partial charge in [0, 0.05) is 18.9 Å². The number of carbonyl (C=O) groups excluding carboxylic acids is 1. The first-order chi connectivity index (χ1) is 15.5. The van der Waals surface area contributed by atoms with Crippen LogP contribution in [0.4, 0.5) is 5.69 Å². The van der Waals surface area contributed by atoms with E-state index in [9.17, 15) is 13.6 Å². The van der Waals surface area contributed by atoms with Crippen molar-refractivity contribution in [1.82, 2.24) is 15.3 Å². The van der Waals surface area contributed by atoms with Crippen LogP contribution in [0.5, 0.6) is 11.5 Å².